The molecule has 6 heteroatoms. The molecule has 0 amide bonds. The van der Waals surface area contributed by atoms with E-state index in [4.69, 9.17) is 4.74 Å². The van der Waals surface area contributed by atoms with Crippen molar-refractivity contribution in [2.24, 2.45) is 0 Å². The van der Waals surface area contributed by atoms with Crippen LogP contribution in [-0.2, 0) is 4.79 Å². The average molecular weight is 299 g/mol. The monoisotopic (exact) mass is 299 g/mol. The summed E-state index contributed by atoms with van der Waals surface area (Å²) in [5.41, 5.74) is 2.33. The number of hydrogen-bond acceptors (Lipinski definition) is 5. The van der Waals surface area contributed by atoms with Crippen LogP contribution in [0, 0.1) is 0 Å². The fourth-order valence-electron chi connectivity index (χ4n) is 2.07. The van der Waals surface area contributed by atoms with Crippen molar-refractivity contribution < 1.29 is 14.6 Å². The number of rotatable bonds is 4. The number of nitrogens with zero attached hydrogens (tertiary/aromatic N) is 2. The molecule has 0 saturated heterocycles. The Morgan fingerprint density at radius 2 is 2.14 bits per heavy atom. The number of carboxylic acid groups (broad SMARTS) is 1. The third kappa shape index (κ3) is 2.53. The van der Waals surface area contributed by atoms with Crippen molar-refractivity contribution in [1.29, 1.82) is 0 Å². The summed E-state index contributed by atoms with van der Waals surface area (Å²) in [6.45, 7) is 0. The Bertz CT molecular complexity index is 815. The van der Waals surface area contributed by atoms with Gasteiger partial charge in [0, 0.05) is 17.1 Å². The van der Waals surface area contributed by atoms with Crippen molar-refractivity contribution in [2.75, 3.05) is 7.11 Å². The SMILES string of the molecule is COc1ccc(-c2nc3sccn3c2/C=C/C(=O)[O-])cc1. The maximum Gasteiger partial charge on any atom is 0.194 e. The molecule has 106 valence electrons. The summed E-state index contributed by atoms with van der Waals surface area (Å²) in [6.07, 6.45) is 4.37. The zero-order valence-electron chi connectivity index (χ0n) is 11.1. The number of methoxy groups -OCH3 is 1. The van der Waals surface area contributed by atoms with Crippen molar-refractivity contribution in [2.45, 2.75) is 0 Å². The molecule has 5 nitrogen and oxygen atoms in total. The third-order valence-corrected chi connectivity index (χ3v) is 3.80. The van der Waals surface area contributed by atoms with E-state index >= 15 is 0 Å². The van der Waals surface area contributed by atoms with Crippen LogP contribution in [0.1, 0.15) is 5.69 Å². The second kappa shape index (κ2) is 5.41. The maximum absolute atomic E-state index is 10.7. The summed E-state index contributed by atoms with van der Waals surface area (Å²) in [7, 11) is 1.61. The largest absolute Gasteiger partial charge is 0.545 e. The van der Waals surface area contributed by atoms with E-state index in [9.17, 15) is 9.90 Å². The Hall–Kier alpha value is -2.60. The van der Waals surface area contributed by atoms with Gasteiger partial charge in [0.05, 0.1) is 24.5 Å². The first kappa shape index (κ1) is 13.4. The molecule has 0 spiro atoms. The van der Waals surface area contributed by atoms with Gasteiger partial charge in [-0.2, -0.15) is 0 Å². The van der Waals surface area contributed by atoms with Crippen LogP contribution in [0.15, 0.2) is 41.9 Å². The van der Waals surface area contributed by atoms with Crippen LogP contribution in [0.3, 0.4) is 0 Å². The molecule has 0 atom stereocenters. The van der Waals surface area contributed by atoms with Crippen molar-refractivity contribution in [3.8, 4) is 17.0 Å². The van der Waals surface area contributed by atoms with Crippen LogP contribution in [0.5, 0.6) is 5.75 Å². The highest BCUT2D eigenvalue weighted by Gasteiger charge is 2.12. The number of fused-ring (bicyclic) bond motifs is 1. The van der Waals surface area contributed by atoms with Crippen molar-refractivity contribution >= 4 is 28.3 Å². The van der Waals surface area contributed by atoms with E-state index in [1.807, 2.05) is 40.2 Å². The van der Waals surface area contributed by atoms with Gasteiger partial charge < -0.3 is 14.6 Å². The molecule has 0 aliphatic rings. The maximum atomic E-state index is 10.7. The predicted octanol–water partition coefficient (Wildman–Crippen LogP) is 1.83. The third-order valence-electron chi connectivity index (χ3n) is 3.04. The quantitative estimate of drug-likeness (QED) is 0.689. The minimum Gasteiger partial charge on any atom is -0.545 e. The van der Waals surface area contributed by atoms with Gasteiger partial charge in [-0.3, -0.25) is 4.40 Å². The van der Waals surface area contributed by atoms with Crippen LogP contribution in [0.25, 0.3) is 22.3 Å². The fraction of sp³-hybridized carbons (Fsp3) is 0.0667. The number of carbonyl (C=O) groups excluding carboxylic acids is 1. The van der Waals surface area contributed by atoms with E-state index in [0.29, 0.717) is 5.69 Å². The molecule has 21 heavy (non-hydrogen) atoms. The Morgan fingerprint density at radius 3 is 2.81 bits per heavy atom. The number of carboxylic acids is 1. The molecule has 0 unspecified atom stereocenters. The molecule has 0 saturated carbocycles. The molecule has 2 aromatic heterocycles. The lowest BCUT2D eigenvalue weighted by atomic mass is 10.1. The topological polar surface area (TPSA) is 66.7 Å². The Labute approximate surface area is 124 Å². The second-order valence-corrected chi connectivity index (χ2v) is 5.16. The first-order valence-corrected chi connectivity index (χ1v) is 7.06. The van der Waals surface area contributed by atoms with Gasteiger partial charge in [0.25, 0.3) is 0 Å². The molecule has 0 aliphatic heterocycles. The molecule has 3 aromatic rings. The van der Waals surface area contributed by atoms with Gasteiger partial charge >= 0.3 is 0 Å². The molecular weight excluding hydrogens is 288 g/mol. The molecule has 0 bridgehead atoms. The number of aliphatic carboxylic acids is 1. The highest BCUT2D eigenvalue weighted by molar-refractivity contribution is 7.15. The Morgan fingerprint density at radius 1 is 1.38 bits per heavy atom. The lowest BCUT2D eigenvalue weighted by Crippen LogP contribution is -2.18. The Kier molecular flexibility index (Phi) is 3.45. The van der Waals surface area contributed by atoms with Gasteiger partial charge in [-0.1, -0.05) is 0 Å². The smallest absolute Gasteiger partial charge is 0.194 e. The lowest BCUT2D eigenvalue weighted by Gasteiger charge is -2.03. The van der Waals surface area contributed by atoms with E-state index in [2.05, 4.69) is 4.98 Å². The standard InChI is InChI=1S/C15H12N2O3S/c1-20-11-4-2-10(3-5-11)14-12(6-7-13(18)19)17-8-9-21-15(17)16-14/h2-9H,1H3,(H,18,19)/p-1/b7-6+. The van der Waals surface area contributed by atoms with Crippen molar-refractivity contribution in [1.82, 2.24) is 9.38 Å². The number of carbonyl (C=O) groups is 1. The second-order valence-electron chi connectivity index (χ2n) is 4.28. The molecule has 0 aliphatic carbocycles. The number of benzene rings is 1. The summed E-state index contributed by atoms with van der Waals surface area (Å²) in [5.74, 6) is -0.479. The molecule has 1 aromatic carbocycles. The number of hydrogen-bond donors (Lipinski definition) is 0. The molecule has 3 rings (SSSR count). The highest BCUT2D eigenvalue weighted by atomic mass is 32.1. The summed E-state index contributed by atoms with van der Waals surface area (Å²) >= 11 is 1.49. The van der Waals surface area contributed by atoms with Crippen molar-refractivity contribution in [3.63, 3.8) is 0 Å². The van der Waals surface area contributed by atoms with Gasteiger partial charge in [0.15, 0.2) is 4.96 Å². The number of aromatic nitrogens is 2. The summed E-state index contributed by atoms with van der Waals surface area (Å²) in [4.78, 5) is 16.0. The zero-order chi connectivity index (χ0) is 14.8. The summed E-state index contributed by atoms with van der Waals surface area (Å²) in [6, 6.07) is 7.47. The first-order valence-electron chi connectivity index (χ1n) is 6.18. The predicted molar refractivity (Wildman–Crippen MR) is 79.1 cm³/mol. The van der Waals surface area contributed by atoms with E-state index < -0.39 is 5.97 Å². The molecule has 0 radical (unpaired) electrons. The molecule has 0 fully saturated rings. The number of thiazole rings is 1. The first-order chi connectivity index (χ1) is 10.2. The van der Waals surface area contributed by atoms with Gasteiger partial charge in [0.2, 0.25) is 0 Å². The number of ether oxygens (including phenoxy) is 1. The van der Waals surface area contributed by atoms with Gasteiger partial charge in [-0.05, 0) is 36.4 Å². The minimum absolute atomic E-state index is 0.709. The van der Waals surface area contributed by atoms with Gasteiger partial charge in [0.1, 0.15) is 5.75 Å². The summed E-state index contributed by atoms with van der Waals surface area (Å²) < 4.78 is 6.99. The number of imidazole rings is 1. The minimum atomic E-state index is -1.24. The van der Waals surface area contributed by atoms with E-state index in [-0.39, 0.29) is 0 Å². The van der Waals surface area contributed by atoms with Crippen LogP contribution in [-0.4, -0.2) is 22.5 Å². The lowest BCUT2D eigenvalue weighted by molar-refractivity contribution is -0.297. The van der Waals surface area contributed by atoms with Crippen LogP contribution < -0.4 is 9.84 Å². The van der Waals surface area contributed by atoms with Gasteiger partial charge in [-0.25, -0.2) is 4.98 Å². The van der Waals surface area contributed by atoms with E-state index in [1.165, 1.54) is 17.4 Å². The van der Waals surface area contributed by atoms with Crippen LogP contribution in [0.4, 0.5) is 0 Å². The average Bonchev–Trinajstić information content (AvgIpc) is 3.06. The Balaban J connectivity index is 2.13. The van der Waals surface area contributed by atoms with Crippen molar-refractivity contribution in [3.05, 3.63) is 47.6 Å². The van der Waals surface area contributed by atoms with E-state index in [1.54, 1.807) is 7.11 Å². The molecule has 0 N–H and O–H groups in total. The molecule has 2 heterocycles. The van der Waals surface area contributed by atoms with E-state index in [0.717, 1.165) is 28.0 Å². The van der Waals surface area contributed by atoms with Gasteiger partial charge in [-0.15, -0.1) is 11.3 Å². The van der Waals surface area contributed by atoms with Crippen LogP contribution in [0.2, 0.25) is 0 Å². The highest BCUT2D eigenvalue weighted by Crippen LogP contribution is 2.28. The zero-order valence-corrected chi connectivity index (χ0v) is 12.0. The molecular formula is C15H11N2O3S-. The summed E-state index contributed by atoms with van der Waals surface area (Å²) in [5, 5.41) is 12.6. The normalized spacial score (nSPS) is 11.3. The fourth-order valence-corrected chi connectivity index (χ4v) is 2.79. The van der Waals surface area contributed by atoms with Crippen LogP contribution >= 0.6 is 11.3 Å².